The molecule has 0 aromatic carbocycles. The first-order chi connectivity index (χ1) is 5.29. The molecule has 1 rings (SSSR count). The molecular formula is C9H17NO. The Morgan fingerprint density at radius 1 is 1.73 bits per heavy atom. The van der Waals surface area contributed by atoms with Crippen molar-refractivity contribution in [2.24, 2.45) is 5.92 Å². The van der Waals surface area contributed by atoms with Gasteiger partial charge in [-0.05, 0) is 25.8 Å². The summed E-state index contributed by atoms with van der Waals surface area (Å²) in [4.78, 5) is 2.36. The molecular weight excluding hydrogens is 138 g/mol. The van der Waals surface area contributed by atoms with Crippen molar-refractivity contribution < 1.29 is 5.11 Å². The molecule has 0 radical (unpaired) electrons. The molecule has 1 aliphatic rings. The normalized spacial score (nSPS) is 32.5. The number of hydrogen-bond acceptors (Lipinski definition) is 2. The summed E-state index contributed by atoms with van der Waals surface area (Å²) in [6.07, 6.45) is 3.06. The number of aliphatic hydroxyl groups excluding tert-OH is 1. The van der Waals surface area contributed by atoms with Gasteiger partial charge in [-0.1, -0.05) is 6.08 Å². The van der Waals surface area contributed by atoms with Crippen LogP contribution in [0.3, 0.4) is 0 Å². The number of aliphatic hydroxyl groups is 1. The molecule has 0 aliphatic carbocycles. The van der Waals surface area contributed by atoms with Crippen molar-refractivity contribution in [2.45, 2.75) is 19.4 Å². The molecule has 0 saturated carbocycles. The van der Waals surface area contributed by atoms with Gasteiger partial charge in [-0.3, -0.25) is 4.90 Å². The predicted molar refractivity (Wildman–Crippen MR) is 46.4 cm³/mol. The summed E-state index contributed by atoms with van der Waals surface area (Å²) in [5, 5.41) is 8.97. The number of hydrogen-bond donors (Lipinski definition) is 1. The van der Waals surface area contributed by atoms with Crippen LogP contribution in [0.1, 0.15) is 13.3 Å². The number of rotatable bonds is 3. The second kappa shape index (κ2) is 3.88. The van der Waals surface area contributed by atoms with E-state index in [1.54, 1.807) is 0 Å². The van der Waals surface area contributed by atoms with E-state index in [0.717, 1.165) is 19.5 Å². The Balaban J connectivity index is 2.41. The summed E-state index contributed by atoms with van der Waals surface area (Å²) in [5.74, 6) is 0.481. The van der Waals surface area contributed by atoms with Crippen molar-refractivity contribution >= 4 is 0 Å². The van der Waals surface area contributed by atoms with Gasteiger partial charge in [-0.2, -0.15) is 0 Å². The van der Waals surface area contributed by atoms with Gasteiger partial charge in [0.25, 0.3) is 0 Å². The lowest BCUT2D eigenvalue weighted by atomic mass is 10.0. The minimum atomic E-state index is 0.328. The zero-order valence-corrected chi connectivity index (χ0v) is 7.16. The lowest BCUT2D eigenvalue weighted by molar-refractivity contribution is 0.184. The quantitative estimate of drug-likeness (QED) is 0.611. The average Bonchev–Trinajstić information content (AvgIpc) is 2.34. The molecule has 11 heavy (non-hydrogen) atoms. The van der Waals surface area contributed by atoms with Gasteiger partial charge < -0.3 is 5.11 Å². The number of likely N-dealkylation sites (tertiary alicyclic amines) is 1. The molecule has 2 nitrogen and oxygen atoms in total. The maximum Gasteiger partial charge on any atom is 0.0474 e. The Kier molecular flexibility index (Phi) is 3.09. The molecule has 0 amide bonds. The van der Waals surface area contributed by atoms with Gasteiger partial charge in [0.15, 0.2) is 0 Å². The number of nitrogens with zero attached hydrogens (tertiary/aromatic N) is 1. The Morgan fingerprint density at radius 2 is 2.45 bits per heavy atom. The first kappa shape index (κ1) is 8.75. The third-order valence-corrected chi connectivity index (χ3v) is 2.64. The first-order valence-corrected chi connectivity index (χ1v) is 4.25. The highest BCUT2D eigenvalue weighted by Gasteiger charge is 2.28. The van der Waals surface area contributed by atoms with Crippen LogP contribution in [0.5, 0.6) is 0 Å². The van der Waals surface area contributed by atoms with Gasteiger partial charge >= 0.3 is 0 Å². The molecule has 1 N–H and O–H groups in total. The minimum Gasteiger partial charge on any atom is -0.396 e. The molecule has 0 aromatic rings. The molecule has 0 aromatic heterocycles. The summed E-state index contributed by atoms with van der Waals surface area (Å²) in [5.41, 5.74) is 0. The second-order valence-corrected chi connectivity index (χ2v) is 3.26. The van der Waals surface area contributed by atoms with Gasteiger partial charge in [0.05, 0.1) is 0 Å². The van der Waals surface area contributed by atoms with Crippen molar-refractivity contribution in [1.82, 2.24) is 4.90 Å². The molecule has 1 aliphatic heterocycles. The fraction of sp³-hybridized carbons (Fsp3) is 0.778. The first-order valence-electron chi connectivity index (χ1n) is 4.25. The van der Waals surface area contributed by atoms with Crippen LogP contribution >= 0.6 is 0 Å². The monoisotopic (exact) mass is 155 g/mol. The van der Waals surface area contributed by atoms with E-state index in [2.05, 4.69) is 18.4 Å². The SMILES string of the molecule is C=CCN1CCC(CO)C1C. The largest absolute Gasteiger partial charge is 0.396 e. The van der Waals surface area contributed by atoms with Crippen molar-refractivity contribution in [3.63, 3.8) is 0 Å². The van der Waals surface area contributed by atoms with Crippen molar-refractivity contribution in [3.05, 3.63) is 12.7 Å². The zero-order valence-electron chi connectivity index (χ0n) is 7.16. The Hall–Kier alpha value is -0.340. The molecule has 0 spiro atoms. The average molecular weight is 155 g/mol. The predicted octanol–water partition coefficient (Wildman–Crippen LogP) is 0.875. The van der Waals surface area contributed by atoms with Crippen LogP contribution in [0.15, 0.2) is 12.7 Å². The molecule has 1 heterocycles. The van der Waals surface area contributed by atoms with Crippen molar-refractivity contribution in [3.8, 4) is 0 Å². The second-order valence-electron chi connectivity index (χ2n) is 3.26. The fourth-order valence-electron chi connectivity index (χ4n) is 1.74. The Labute approximate surface area is 68.5 Å². The summed E-state index contributed by atoms with van der Waals surface area (Å²) < 4.78 is 0. The highest BCUT2D eigenvalue weighted by molar-refractivity contribution is 4.87. The van der Waals surface area contributed by atoms with Gasteiger partial charge in [0, 0.05) is 19.2 Å². The third-order valence-electron chi connectivity index (χ3n) is 2.64. The summed E-state index contributed by atoms with van der Waals surface area (Å²) in [7, 11) is 0. The van der Waals surface area contributed by atoms with Crippen LogP contribution in [0.25, 0.3) is 0 Å². The van der Waals surface area contributed by atoms with E-state index in [-0.39, 0.29) is 0 Å². The van der Waals surface area contributed by atoms with E-state index in [1.807, 2.05) is 6.08 Å². The Bertz CT molecular complexity index is 136. The van der Waals surface area contributed by atoms with E-state index in [0.29, 0.717) is 18.6 Å². The van der Waals surface area contributed by atoms with Crippen molar-refractivity contribution in [1.29, 1.82) is 0 Å². The molecule has 2 atom stereocenters. The van der Waals surface area contributed by atoms with Crippen LogP contribution in [-0.2, 0) is 0 Å². The summed E-state index contributed by atoms with van der Waals surface area (Å²) in [6.45, 7) is 8.28. The summed E-state index contributed by atoms with van der Waals surface area (Å²) in [6, 6.07) is 0.526. The highest BCUT2D eigenvalue weighted by atomic mass is 16.3. The van der Waals surface area contributed by atoms with E-state index in [1.165, 1.54) is 0 Å². The van der Waals surface area contributed by atoms with Gasteiger partial charge in [-0.25, -0.2) is 0 Å². The minimum absolute atomic E-state index is 0.328. The maximum absolute atomic E-state index is 8.97. The molecule has 64 valence electrons. The van der Waals surface area contributed by atoms with Crippen LogP contribution in [0, 0.1) is 5.92 Å². The lowest BCUT2D eigenvalue weighted by Crippen LogP contribution is -2.31. The van der Waals surface area contributed by atoms with Gasteiger partial charge in [0.1, 0.15) is 0 Å². The maximum atomic E-state index is 8.97. The third kappa shape index (κ3) is 1.82. The van der Waals surface area contributed by atoms with E-state index >= 15 is 0 Å². The molecule has 0 bridgehead atoms. The highest BCUT2D eigenvalue weighted by Crippen LogP contribution is 2.22. The van der Waals surface area contributed by atoms with Crippen LogP contribution in [-0.4, -0.2) is 35.7 Å². The smallest absolute Gasteiger partial charge is 0.0474 e. The van der Waals surface area contributed by atoms with E-state index in [4.69, 9.17) is 5.11 Å². The van der Waals surface area contributed by atoms with E-state index < -0.39 is 0 Å². The Morgan fingerprint density at radius 3 is 2.91 bits per heavy atom. The van der Waals surface area contributed by atoms with Crippen LogP contribution < -0.4 is 0 Å². The molecule has 2 heteroatoms. The molecule has 1 fully saturated rings. The molecule has 1 saturated heterocycles. The van der Waals surface area contributed by atoms with Gasteiger partial charge in [-0.15, -0.1) is 6.58 Å². The van der Waals surface area contributed by atoms with Crippen molar-refractivity contribution in [2.75, 3.05) is 19.7 Å². The lowest BCUT2D eigenvalue weighted by Gasteiger charge is -2.21. The standard InChI is InChI=1S/C9H17NO/c1-3-5-10-6-4-9(7-11)8(10)2/h3,8-9,11H,1,4-7H2,2H3. The topological polar surface area (TPSA) is 23.5 Å². The molecule has 2 unspecified atom stereocenters. The fourth-order valence-corrected chi connectivity index (χ4v) is 1.74. The van der Waals surface area contributed by atoms with Crippen LogP contribution in [0.4, 0.5) is 0 Å². The van der Waals surface area contributed by atoms with Gasteiger partial charge in [0.2, 0.25) is 0 Å². The van der Waals surface area contributed by atoms with E-state index in [9.17, 15) is 0 Å². The summed E-state index contributed by atoms with van der Waals surface area (Å²) >= 11 is 0. The van der Waals surface area contributed by atoms with Crippen LogP contribution in [0.2, 0.25) is 0 Å². The zero-order chi connectivity index (χ0) is 8.27.